The molecule has 2 atom stereocenters. The molecule has 2 unspecified atom stereocenters. The van der Waals surface area contributed by atoms with Crippen LogP contribution in [0.4, 0.5) is 0 Å². The summed E-state index contributed by atoms with van der Waals surface area (Å²) in [6.07, 6.45) is 8.74. The zero-order chi connectivity index (χ0) is 27.4. The molecule has 3 aliphatic rings. The molecule has 42 heavy (non-hydrogen) atoms. The van der Waals surface area contributed by atoms with Crippen LogP contribution in [0.3, 0.4) is 0 Å². The van der Waals surface area contributed by atoms with Crippen LogP contribution in [0.15, 0.2) is 96.1 Å². The number of halogens is 2. The van der Waals surface area contributed by atoms with Gasteiger partial charge in [-0.25, -0.2) is 0 Å². The normalized spacial score (nSPS) is 18.7. The predicted octanol–water partition coefficient (Wildman–Crippen LogP) is 5.16. The van der Waals surface area contributed by atoms with E-state index in [1.807, 2.05) is 0 Å². The maximum absolute atomic E-state index is 2.72. The molecular weight excluding hydrogens is 631 g/mol. The van der Waals surface area contributed by atoms with E-state index in [-0.39, 0.29) is 24.8 Å². The van der Waals surface area contributed by atoms with Crippen molar-refractivity contribution in [3.63, 3.8) is 0 Å². The van der Waals surface area contributed by atoms with Crippen molar-refractivity contribution in [1.82, 2.24) is 0 Å². The second-order valence-corrected chi connectivity index (χ2v) is 23.8. The third-order valence-electron chi connectivity index (χ3n) is 10.3. The van der Waals surface area contributed by atoms with Gasteiger partial charge in [-0.2, -0.15) is 0 Å². The number of allylic oxidation sites excluding steroid dienone is 2. The van der Waals surface area contributed by atoms with Gasteiger partial charge in [-0.3, -0.25) is 0 Å². The van der Waals surface area contributed by atoms with Gasteiger partial charge in [0.2, 0.25) is 0 Å². The third kappa shape index (κ3) is 4.95. The summed E-state index contributed by atoms with van der Waals surface area (Å²) in [5.74, 6) is 0. The van der Waals surface area contributed by atoms with Crippen molar-refractivity contribution in [3.8, 4) is 22.3 Å². The molecule has 1 heterocycles. The van der Waals surface area contributed by atoms with E-state index in [1.165, 1.54) is 59.2 Å². The van der Waals surface area contributed by atoms with Gasteiger partial charge in [-0.1, -0.05) is 0 Å². The minimum atomic E-state index is -2.72. The average Bonchev–Trinajstić information content (AvgIpc) is 3.49. The Morgan fingerprint density at radius 1 is 0.571 bits per heavy atom. The van der Waals surface area contributed by atoms with Crippen molar-refractivity contribution in [2.75, 3.05) is 0 Å². The van der Waals surface area contributed by atoms with Crippen molar-refractivity contribution in [2.45, 2.75) is 62.5 Å². The molecule has 3 heteroatoms. The van der Waals surface area contributed by atoms with Gasteiger partial charge in [0, 0.05) is 0 Å². The Balaban J connectivity index is 0.00000176. The van der Waals surface area contributed by atoms with Crippen LogP contribution in [0.1, 0.15) is 74.7 Å². The summed E-state index contributed by atoms with van der Waals surface area (Å²) in [5.41, 5.74) is 17.9. The molecule has 1 fully saturated rings. The molecule has 4 aromatic carbocycles. The summed E-state index contributed by atoms with van der Waals surface area (Å²) in [7, 11) is 0. The smallest absolute Gasteiger partial charge is 1.00 e. The summed E-state index contributed by atoms with van der Waals surface area (Å²) >= 11 is -2.72. The van der Waals surface area contributed by atoms with Crippen LogP contribution in [0.2, 0.25) is 8.26 Å². The first-order valence-electron chi connectivity index (χ1n) is 15.3. The molecule has 0 bridgehead atoms. The molecule has 1 aliphatic heterocycles. The van der Waals surface area contributed by atoms with Gasteiger partial charge in [-0.15, -0.1) is 0 Å². The van der Waals surface area contributed by atoms with Gasteiger partial charge in [0.05, 0.1) is 0 Å². The second-order valence-electron chi connectivity index (χ2n) is 12.4. The first-order chi connectivity index (χ1) is 19.5. The third-order valence-corrected chi connectivity index (χ3v) is 26.1. The molecule has 0 aromatic heterocycles. The summed E-state index contributed by atoms with van der Waals surface area (Å²) < 4.78 is 4.37. The first kappa shape index (κ1) is 31.3. The maximum atomic E-state index is 2.57. The molecular formula is C39H40Cl2Zr. The van der Waals surface area contributed by atoms with Crippen LogP contribution in [-0.2, 0) is 33.1 Å². The van der Waals surface area contributed by atoms with E-state index in [9.17, 15) is 0 Å². The molecule has 2 aliphatic carbocycles. The van der Waals surface area contributed by atoms with Gasteiger partial charge in [0.25, 0.3) is 0 Å². The van der Waals surface area contributed by atoms with E-state index >= 15 is 0 Å². The van der Waals surface area contributed by atoms with E-state index in [0.29, 0.717) is 7.25 Å². The van der Waals surface area contributed by atoms with Crippen molar-refractivity contribution in [1.29, 1.82) is 0 Å². The fraction of sp³-hybridized carbons (Fsp3) is 0.282. The predicted molar refractivity (Wildman–Crippen MR) is 170 cm³/mol. The molecule has 214 valence electrons. The van der Waals surface area contributed by atoms with Gasteiger partial charge in [0.1, 0.15) is 0 Å². The minimum Gasteiger partial charge on any atom is -1.00 e. The zero-order valence-corrected chi connectivity index (χ0v) is 29.2. The minimum absolute atomic E-state index is 0. The Bertz CT molecular complexity index is 1540. The Labute approximate surface area is 269 Å². The molecule has 0 saturated carbocycles. The molecule has 0 radical (unpaired) electrons. The zero-order valence-electron chi connectivity index (χ0n) is 25.2. The van der Waals surface area contributed by atoms with E-state index in [2.05, 4.69) is 125 Å². The number of hydrogen-bond donors (Lipinski definition) is 0. The Kier molecular flexibility index (Phi) is 9.26. The standard InChI is InChI=1S/2C18H17.C3H6.2ClH.Zr/c2*1-3-14-7-9-15(10-8-14)17-6-4-5-16-11-13(2)12-18(16)17;1-3-2;;;/h2*4-12H,3H2,1-2H3;1-3H2;2*1H;/q;;;;;+2/p-2. The molecule has 0 amide bonds. The summed E-state index contributed by atoms with van der Waals surface area (Å²) in [5, 5.41) is 0. The number of rotatable bonds is 6. The monoisotopic (exact) mass is 668 g/mol. The topological polar surface area (TPSA) is 0 Å². The molecule has 1 saturated heterocycles. The summed E-state index contributed by atoms with van der Waals surface area (Å²) in [6.45, 7) is 9.37. The maximum Gasteiger partial charge on any atom is -1.00 e. The fourth-order valence-electron chi connectivity index (χ4n) is 8.30. The van der Waals surface area contributed by atoms with Gasteiger partial charge in [0.15, 0.2) is 0 Å². The molecule has 7 rings (SSSR count). The molecule has 0 spiro atoms. The summed E-state index contributed by atoms with van der Waals surface area (Å²) in [4.78, 5) is 0. The Hall–Kier alpha value is -2.18. The average molecular weight is 671 g/mol. The van der Waals surface area contributed by atoms with E-state index in [4.69, 9.17) is 0 Å². The fourth-order valence-corrected chi connectivity index (χ4v) is 24.0. The quantitative estimate of drug-likeness (QED) is 0.266. The van der Waals surface area contributed by atoms with Gasteiger partial charge < -0.3 is 24.8 Å². The first-order valence-corrected chi connectivity index (χ1v) is 21.7. The van der Waals surface area contributed by atoms with E-state index < -0.39 is 20.3 Å². The number of aryl methyl sites for hydroxylation is 2. The van der Waals surface area contributed by atoms with Crippen LogP contribution < -0.4 is 24.8 Å². The van der Waals surface area contributed by atoms with Crippen molar-refractivity contribution in [2.24, 2.45) is 0 Å². The van der Waals surface area contributed by atoms with Gasteiger partial charge in [-0.05, 0) is 0 Å². The van der Waals surface area contributed by atoms with E-state index in [1.54, 1.807) is 22.3 Å². The van der Waals surface area contributed by atoms with Crippen LogP contribution in [0.5, 0.6) is 0 Å². The number of fused-ring (bicyclic) bond motifs is 2. The van der Waals surface area contributed by atoms with Crippen LogP contribution >= 0.6 is 0 Å². The molecule has 0 N–H and O–H groups in total. The van der Waals surface area contributed by atoms with Crippen LogP contribution in [-0.4, -0.2) is 0 Å². The Morgan fingerprint density at radius 3 is 1.31 bits per heavy atom. The molecule has 0 nitrogen and oxygen atoms in total. The van der Waals surface area contributed by atoms with Crippen molar-refractivity contribution >= 4 is 12.2 Å². The van der Waals surface area contributed by atoms with Crippen LogP contribution in [0.25, 0.3) is 34.4 Å². The summed E-state index contributed by atoms with van der Waals surface area (Å²) in [6, 6.07) is 32.9. The van der Waals surface area contributed by atoms with Crippen LogP contribution in [0, 0.1) is 0 Å². The largest absolute Gasteiger partial charge is 1.00 e. The number of benzene rings is 4. The number of hydrogen-bond acceptors (Lipinski definition) is 0. The molecule has 4 aromatic rings. The SMILES string of the molecule is CCc1ccc(-c2cccc3c2C=C(C)[CH]3[Zr+2]2([CH]3C(C)=Cc4c(-c5ccc(CC)cc5)cccc43)[CH2]C[CH2]2)cc1.[Cl-].[Cl-]. The van der Waals surface area contributed by atoms with E-state index in [0.717, 1.165) is 12.8 Å². The Morgan fingerprint density at radius 2 is 0.976 bits per heavy atom. The van der Waals surface area contributed by atoms with Crippen molar-refractivity contribution < 1.29 is 45.1 Å². The second kappa shape index (κ2) is 12.4. The van der Waals surface area contributed by atoms with Gasteiger partial charge >= 0.3 is 247 Å². The van der Waals surface area contributed by atoms with Crippen molar-refractivity contribution in [3.05, 3.63) is 129 Å².